The van der Waals surface area contributed by atoms with E-state index in [1.165, 1.54) is 25.7 Å². The first-order chi connectivity index (χ1) is 12.8. The summed E-state index contributed by atoms with van der Waals surface area (Å²) in [5.41, 5.74) is -0.0209. The molecule has 5 nitrogen and oxygen atoms in total. The third kappa shape index (κ3) is 5.01. The molecule has 0 spiro atoms. The van der Waals surface area contributed by atoms with Crippen molar-refractivity contribution in [1.82, 2.24) is 15.1 Å². The molecule has 2 fully saturated rings. The molecule has 0 radical (unpaired) electrons. The first kappa shape index (κ1) is 19.7. The molecule has 0 aromatic carbocycles. The molecule has 2 heterocycles. The highest BCUT2D eigenvalue weighted by molar-refractivity contribution is 5.80. The lowest BCUT2D eigenvalue weighted by atomic mass is 9.84. The zero-order valence-corrected chi connectivity index (χ0v) is 16.9. The quantitative estimate of drug-likeness (QED) is 0.429. The van der Waals surface area contributed by atoms with E-state index >= 15 is 0 Å². The van der Waals surface area contributed by atoms with Crippen molar-refractivity contribution >= 4 is 5.96 Å². The van der Waals surface area contributed by atoms with Gasteiger partial charge in [0.25, 0.3) is 0 Å². The van der Waals surface area contributed by atoms with Gasteiger partial charge in [-0.05, 0) is 32.6 Å². The van der Waals surface area contributed by atoms with Crippen LogP contribution in [0.15, 0.2) is 17.1 Å². The Hall–Kier alpha value is -1.07. The average molecular weight is 363 g/mol. The molecule has 0 aromatic heterocycles. The molecule has 0 aromatic rings. The Morgan fingerprint density at radius 2 is 1.96 bits per heavy atom. The highest BCUT2D eigenvalue weighted by atomic mass is 16.5. The lowest BCUT2D eigenvalue weighted by molar-refractivity contribution is -0.0625. The molecule has 2 aliphatic heterocycles. The van der Waals surface area contributed by atoms with Crippen molar-refractivity contribution in [3.63, 3.8) is 0 Å². The zero-order chi connectivity index (χ0) is 18.2. The van der Waals surface area contributed by atoms with Crippen molar-refractivity contribution in [1.29, 1.82) is 0 Å². The Morgan fingerprint density at radius 1 is 1.19 bits per heavy atom. The van der Waals surface area contributed by atoms with Crippen LogP contribution in [-0.2, 0) is 4.74 Å². The Bertz CT molecular complexity index is 476. The van der Waals surface area contributed by atoms with Crippen molar-refractivity contribution in [3.8, 4) is 0 Å². The summed E-state index contributed by atoms with van der Waals surface area (Å²) >= 11 is 0. The van der Waals surface area contributed by atoms with Gasteiger partial charge in [0, 0.05) is 45.4 Å². The van der Waals surface area contributed by atoms with Crippen LogP contribution in [-0.4, -0.2) is 73.3 Å². The van der Waals surface area contributed by atoms with Gasteiger partial charge in [0.2, 0.25) is 0 Å². The summed E-state index contributed by atoms with van der Waals surface area (Å²) in [6.45, 7) is 11.4. The van der Waals surface area contributed by atoms with Gasteiger partial charge in [0.1, 0.15) is 0 Å². The van der Waals surface area contributed by atoms with Crippen LogP contribution in [0.1, 0.15) is 58.8 Å². The summed E-state index contributed by atoms with van der Waals surface area (Å²) in [6.07, 6.45) is 13.1. The van der Waals surface area contributed by atoms with Crippen molar-refractivity contribution < 1.29 is 4.74 Å². The maximum absolute atomic E-state index is 6.34. The number of ether oxygens (including phenoxy) is 1. The van der Waals surface area contributed by atoms with Crippen molar-refractivity contribution in [2.75, 3.05) is 45.9 Å². The Kier molecular flexibility index (Phi) is 7.38. The number of hydrogen-bond acceptors (Lipinski definition) is 3. The third-order valence-electron chi connectivity index (χ3n) is 6.05. The minimum absolute atomic E-state index is 0.0209. The maximum atomic E-state index is 6.34. The fourth-order valence-electron chi connectivity index (χ4n) is 4.53. The molecule has 1 unspecified atom stereocenters. The van der Waals surface area contributed by atoms with Crippen molar-refractivity contribution in [3.05, 3.63) is 12.2 Å². The predicted molar refractivity (Wildman–Crippen MR) is 109 cm³/mol. The second-order valence-corrected chi connectivity index (χ2v) is 8.08. The molecule has 3 aliphatic rings. The number of nitrogens with one attached hydrogen (secondary N) is 1. The number of guanidine groups is 1. The molecular weight excluding hydrogens is 324 g/mol. The summed E-state index contributed by atoms with van der Waals surface area (Å²) in [7, 11) is 0. The van der Waals surface area contributed by atoms with Gasteiger partial charge < -0.3 is 15.0 Å². The molecule has 5 heteroatoms. The first-order valence-electron chi connectivity index (χ1n) is 10.8. The smallest absolute Gasteiger partial charge is 0.194 e. The molecule has 1 N–H and O–H groups in total. The molecule has 1 aliphatic carbocycles. The lowest BCUT2D eigenvalue weighted by Crippen LogP contribution is -2.45. The van der Waals surface area contributed by atoms with Crippen LogP contribution < -0.4 is 5.32 Å². The normalized spacial score (nSPS) is 26.6. The molecule has 148 valence electrons. The van der Waals surface area contributed by atoms with E-state index in [4.69, 9.17) is 9.73 Å². The molecule has 1 atom stereocenters. The standard InChI is InChI=1S/C21H38N4O/c1-3-16-26-21(11-6-5-7-12-21)18-23-20(22-4-2)25-15-10-19(17-25)24-13-8-9-14-24/h8-9,19H,3-7,10-18H2,1-2H3,(H,22,23). The van der Waals surface area contributed by atoms with Crippen molar-refractivity contribution in [2.45, 2.75) is 70.4 Å². The summed E-state index contributed by atoms with van der Waals surface area (Å²) < 4.78 is 6.34. The summed E-state index contributed by atoms with van der Waals surface area (Å²) in [4.78, 5) is 10.1. The summed E-state index contributed by atoms with van der Waals surface area (Å²) in [5.74, 6) is 1.09. The fraction of sp³-hybridized carbons (Fsp3) is 0.857. The lowest BCUT2D eigenvalue weighted by Gasteiger charge is -2.36. The monoisotopic (exact) mass is 362 g/mol. The van der Waals surface area contributed by atoms with Gasteiger partial charge in [-0.3, -0.25) is 9.89 Å². The van der Waals surface area contributed by atoms with E-state index in [-0.39, 0.29) is 5.60 Å². The Balaban J connectivity index is 1.62. The number of aliphatic imine (C=N–C) groups is 1. The second-order valence-electron chi connectivity index (χ2n) is 8.08. The SMILES string of the molecule is CCCOC1(CN=C(NCC)N2CCC(N3CC=CC3)C2)CCCCC1. The second kappa shape index (κ2) is 9.75. The zero-order valence-electron chi connectivity index (χ0n) is 16.9. The van der Waals surface area contributed by atoms with Gasteiger partial charge in [-0.15, -0.1) is 0 Å². The molecule has 0 amide bonds. The molecule has 1 saturated carbocycles. The predicted octanol–water partition coefficient (Wildman–Crippen LogP) is 3.03. The van der Waals surface area contributed by atoms with Crippen LogP contribution in [0.25, 0.3) is 0 Å². The molecule has 1 saturated heterocycles. The number of hydrogen-bond donors (Lipinski definition) is 1. The van der Waals surface area contributed by atoms with Crippen LogP contribution in [0.2, 0.25) is 0 Å². The number of rotatable bonds is 7. The Morgan fingerprint density at radius 3 is 2.65 bits per heavy atom. The van der Waals surface area contributed by atoms with Gasteiger partial charge in [0.15, 0.2) is 5.96 Å². The van der Waals surface area contributed by atoms with Gasteiger partial charge in [-0.25, -0.2) is 0 Å². The minimum atomic E-state index is -0.0209. The number of likely N-dealkylation sites (tertiary alicyclic amines) is 1. The summed E-state index contributed by atoms with van der Waals surface area (Å²) in [6, 6.07) is 0.661. The molecule has 0 bridgehead atoms. The van der Waals surface area contributed by atoms with Crippen LogP contribution in [0.5, 0.6) is 0 Å². The third-order valence-corrected chi connectivity index (χ3v) is 6.05. The fourth-order valence-corrected chi connectivity index (χ4v) is 4.53. The van der Waals surface area contributed by atoms with E-state index in [0.717, 1.165) is 71.1 Å². The van der Waals surface area contributed by atoms with Gasteiger partial charge in [-0.2, -0.15) is 0 Å². The minimum Gasteiger partial charge on any atom is -0.373 e. The van der Waals surface area contributed by atoms with Crippen LogP contribution in [0.3, 0.4) is 0 Å². The van der Waals surface area contributed by atoms with E-state index < -0.39 is 0 Å². The molecule has 3 rings (SSSR count). The number of nitrogens with zero attached hydrogens (tertiary/aromatic N) is 3. The van der Waals surface area contributed by atoms with Gasteiger partial charge in [-0.1, -0.05) is 38.3 Å². The van der Waals surface area contributed by atoms with E-state index in [1.807, 2.05) is 0 Å². The van der Waals surface area contributed by atoms with Gasteiger partial charge >= 0.3 is 0 Å². The van der Waals surface area contributed by atoms with Crippen LogP contribution in [0, 0.1) is 0 Å². The summed E-state index contributed by atoms with van der Waals surface area (Å²) in [5, 5.41) is 3.53. The van der Waals surface area contributed by atoms with E-state index in [2.05, 4.69) is 41.1 Å². The van der Waals surface area contributed by atoms with E-state index in [1.54, 1.807) is 0 Å². The molecule has 26 heavy (non-hydrogen) atoms. The average Bonchev–Trinajstić information content (AvgIpc) is 3.36. The highest BCUT2D eigenvalue weighted by Gasteiger charge is 2.34. The van der Waals surface area contributed by atoms with Crippen molar-refractivity contribution in [2.24, 2.45) is 4.99 Å². The van der Waals surface area contributed by atoms with E-state index in [9.17, 15) is 0 Å². The topological polar surface area (TPSA) is 40.1 Å². The maximum Gasteiger partial charge on any atom is 0.194 e. The highest BCUT2D eigenvalue weighted by Crippen LogP contribution is 2.32. The van der Waals surface area contributed by atoms with Crippen LogP contribution in [0.4, 0.5) is 0 Å². The first-order valence-corrected chi connectivity index (χ1v) is 10.8. The van der Waals surface area contributed by atoms with E-state index in [0.29, 0.717) is 6.04 Å². The molecular formula is C21H38N4O. The van der Waals surface area contributed by atoms with Gasteiger partial charge in [0.05, 0.1) is 12.1 Å². The van der Waals surface area contributed by atoms with Crippen LogP contribution >= 0.6 is 0 Å². The largest absolute Gasteiger partial charge is 0.373 e. The Labute approximate surface area is 159 Å².